The highest BCUT2D eigenvalue weighted by Crippen LogP contribution is 2.50. The van der Waals surface area contributed by atoms with E-state index in [2.05, 4.69) is 26.1 Å². The van der Waals surface area contributed by atoms with Gasteiger partial charge < -0.3 is 5.32 Å². The van der Waals surface area contributed by atoms with E-state index in [1.165, 1.54) is 0 Å². The predicted octanol–water partition coefficient (Wildman–Crippen LogP) is 3.14. The van der Waals surface area contributed by atoms with Crippen LogP contribution in [0.1, 0.15) is 54.9 Å². The van der Waals surface area contributed by atoms with Gasteiger partial charge in [-0.3, -0.25) is 14.5 Å². The minimum absolute atomic E-state index is 0.00687. The molecule has 2 aliphatic heterocycles. The van der Waals surface area contributed by atoms with E-state index in [1.807, 2.05) is 27.7 Å². The molecule has 22 heavy (non-hydrogen) atoms. The van der Waals surface area contributed by atoms with Crippen LogP contribution < -0.4 is 5.32 Å². The van der Waals surface area contributed by atoms with Gasteiger partial charge in [-0.2, -0.15) is 0 Å². The van der Waals surface area contributed by atoms with Crippen molar-refractivity contribution in [2.24, 2.45) is 11.3 Å². The zero-order chi connectivity index (χ0) is 16.9. The number of hydrogen-bond acceptors (Lipinski definition) is 3. The molecular weight excluding hydrogens is 296 g/mol. The molecule has 0 aromatic rings. The third-order valence-electron chi connectivity index (χ3n) is 4.64. The Morgan fingerprint density at radius 3 is 2.41 bits per heavy atom. The molecule has 2 unspecified atom stereocenters. The van der Waals surface area contributed by atoms with Gasteiger partial charge in [0.05, 0.1) is 11.3 Å². The lowest BCUT2D eigenvalue weighted by Gasteiger charge is -2.54. The molecule has 0 spiro atoms. The van der Waals surface area contributed by atoms with E-state index in [-0.39, 0.29) is 34.1 Å². The molecule has 124 valence electrons. The fraction of sp³-hybridized carbons (Fsp3) is 0.765. The summed E-state index contributed by atoms with van der Waals surface area (Å²) in [6, 6.07) is 0. The van der Waals surface area contributed by atoms with Gasteiger partial charge in [-0.05, 0) is 38.2 Å². The molecule has 4 nitrogen and oxygen atoms in total. The number of nitrogens with zero attached hydrogens (tertiary/aromatic N) is 1. The summed E-state index contributed by atoms with van der Waals surface area (Å²) in [5.74, 6) is 0.780. The number of hydrogen-bond donors (Lipinski definition) is 1. The molecule has 2 atom stereocenters. The third kappa shape index (κ3) is 2.92. The van der Waals surface area contributed by atoms with Crippen LogP contribution in [0.3, 0.4) is 0 Å². The van der Waals surface area contributed by atoms with Crippen LogP contribution in [0.25, 0.3) is 0 Å². The number of rotatable bonds is 3. The average molecular weight is 324 g/mol. The first-order chi connectivity index (χ1) is 9.99. The van der Waals surface area contributed by atoms with Gasteiger partial charge in [0.15, 0.2) is 0 Å². The molecule has 2 amide bonds. The maximum atomic E-state index is 12.7. The Labute approximate surface area is 138 Å². The first-order valence-electron chi connectivity index (χ1n) is 7.96. The van der Waals surface area contributed by atoms with E-state index in [9.17, 15) is 9.59 Å². The van der Waals surface area contributed by atoms with E-state index in [0.717, 1.165) is 17.7 Å². The highest BCUT2D eigenvalue weighted by atomic mass is 32.2. The SMILES string of the molecule is CCC(C)(C)NC(=O)C1=C(C)CSC2C(C(C)(C)C)C(=O)N12. The molecule has 2 rings (SSSR count). The number of β-lactam (4-membered cyclic amide) rings is 1. The van der Waals surface area contributed by atoms with Gasteiger partial charge in [-0.15, -0.1) is 11.8 Å². The quantitative estimate of drug-likeness (QED) is 0.811. The Balaban J connectivity index is 2.25. The van der Waals surface area contributed by atoms with Gasteiger partial charge in [0.25, 0.3) is 5.91 Å². The van der Waals surface area contributed by atoms with Crippen molar-refractivity contribution in [3.63, 3.8) is 0 Å². The summed E-state index contributed by atoms with van der Waals surface area (Å²) in [4.78, 5) is 27.1. The molecule has 1 N–H and O–H groups in total. The number of amides is 2. The number of nitrogens with one attached hydrogen (secondary N) is 1. The van der Waals surface area contributed by atoms with Crippen molar-refractivity contribution in [3.8, 4) is 0 Å². The summed E-state index contributed by atoms with van der Waals surface area (Å²) in [6.45, 7) is 14.3. The van der Waals surface area contributed by atoms with E-state index >= 15 is 0 Å². The lowest BCUT2D eigenvalue weighted by atomic mass is 9.74. The first kappa shape index (κ1) is 17.4. The minimum atomic E-state index is -0.262. The van der Waals surface area contributed by atoms with Crippen molar-refractivity contribution in [2.75, 3.05) is 5.75 Å². The maximum absolute atomic E-state index is 12.7. The third-order valence-corrected chi connectivity index (χ3v) is 6.07. The Hall–Kier alpha value is -0.970. The molecule has 1 saturated heterocycles. The molecule has 5 heteroatoms. The fourth-order valence-electron chi connectivity index (χ4n) is 2.91. The zero-order valence-corrected chi connectivity index (χ0v) is 15.6. The Bertz CT molecular complexity index is 531. The summed E-state index contributed by atoms with van der Waals surface area (Å²) in [6.07, 6.45) is 0.849. The van der Waals surface area contributed by atoms with Crippen molar-refractivity contribution in [1.82, 2.24) is 10.2 Å². The van der Waals surface area contributed by atoms with Crippen LogP contribution in [0.5, 0.6) is 0 Å². The topological polar surface area (TPSA) is 49.4 Å². The van der Waals surface area contributed by atoms with Crippen molar-refractivity contribution in [3.05, 3.63) is 11.3 Å². The lowest BCUT2D eigenvalue weighted by molar-refractivity contribution is -0.155. The smallest absolute Gasteiger partial charge is 0.268 e. The Morgan fingerprint density at radius 1 is 1.32 bits per heavy atom. The summed E-state index contributed by atoms with van der Waals surface area (Å²) in [5, 5.41) is 3.16. The summed E-state index contributed by atoms with van der Waals surface area (Å²) in [7, 11) is 0. The molecule has 2 heterocycles. The molecule has 1 fully saturated rings. The first-order valence-corrected chi connectivity index (χ1v) is 9.01. The standard InChI is InChI=1S/C17H28N2O2S/c1-8-17(6,7)18-13(20)12-10(2)9-22-15-11(16(3,4)5)14(21)19(12)15/h11,15H,8-9H2,1-7H3,(H,18,20). The van der Waals surface area contributed by atoms with Crippen LogP contribution in [0.2, 0.25) is 0 Å². The predicted molar refractivity (Wildman–Crippen MR) is 91.2 cm³/mol. The van der Waals surface area contributed by atoms with Gasteiger partial charge in [-0.25, -0.2) is 0 Å². The van der Waals surface area contributed by atoms with E-state index in [1.54, 1.807) is 16.7 Å². The monoisotopic (exact) mass is 324 g/mol. The number of thioether (sulfide) groups is 1. The summed E-state index contributed by atoms with van der Waals surface area (Å²) >= 11 is 1.77. The van der Waals surface area contributed by atoms with Crippen LogP contribution in [-0.2, 0) is 9.59 Å². The Kier molecular flexibility index (Phi) is 4.42. The second kappa shape index (κ2) is 5.59. The van der Waals surface area contributed by atoms with Crippen LogP contribution in [0.4, 0.5) is 0 Å². The van der Waals surface area contributed by atoms with Crippen LogP contribution in [0.15, 0.2) is 11.3 Å². The molecule has 0 radical (unpaired) electrons. The second-order valence-electron chi connectivity index (χ2n) is 8.07. The fourth-order valence-corrected chi connectivity index (χ4v) is 4.55. The van der Waals surface area contributed by atoms with Gasteiger partial charge in [0, 0.05) is 11.3 Å². The highest BCUT2D eigenvalue weighted by molar-refractivity contribution is 8.00. The summed E-state index contributed by atoms with van der Waals surface area (Å²) < 4.78 is 0. The molecular formula is C17H28N2O2S. The van der Waals surface area contributed by atoms with Crippen LogP contribution >= 0.6 is 11.8 Å². The normalized spacial score (nSPS) is 25.8. The molecule has 0 saturated carbocycles. The van der Waals surface area contributed by atoms with E-state index in [4.69, 9.17) is 0 Å². The van der Waals surface area contributed by atoms with Crippen LogP contribution in [-0.4, -0.2) is 33.4 Å². The van der Waals surface area contributed by atoms with Crippen LogP contribution in [0, 0.1) is 11.3 Å². The van der Waals surface area contributed by atoms with Crippen molar-refractivity contribution < 1.29 is 9.59 Å². The highest BCUT2D eigenvalue weighted by Gasteiger charge is 2.57. The van der Waals surface area contributed by atoms with Gasteiger partial charge in [0.1, 0.15) is 5.70 Å². The molecule has 2 aliphatic rings. The second-order valence-corrected chi connectivity index (χ2v) is 9.18. The lowest BCUT2D eigenvalue weighted by Crippen LogP contribution is -2.66. The molecule has 0 aromatic heterocycles. The number of carbonyl (C=O) groups excluding carboxylic acids is 2. The molecule has 0 bridgehead atoms. The van der Waals surface area contributed by atoms with Gasteiger partial charge in [0.2, 0.25) is 5.91 Å². The minimum Gasteiger partial charge on any atom is -0.346 e. The van der Waals surface area contributed by atoms with E-state index < -0.39 is 0 Å². The van der Waals surface area contributed by atoms with Gasteiger partial charge >= 0.3 is 0 Å². The average Bonchev–Trinajstić information content (AvgIpc) is 2.37. The van der Waals surface area contributed by atoms with Crippen molar-refractivity contribution >= 4 is 23.6 Å². The maximum Gasteiger partial charge on any atom is 0.268 e. The largest absolute Gasteiger partial charge is 0.346 e. The number of carbonyl (C=O) groups is 2. The number of fused-ring (bicyclic) bond motifs is 1. The van der Waals surface area contributed by atoms with Gasteiger partial charge in [-0.1, -0.05) is 27.7 Å². The zero-order valence-electron chi connectivity index (χ0n) is 14.7. The van der Waals surface area contributed by atoms with Crippen molar-refractivity contribution in [2.45, 2.75) is 65.8 Å². The molecule has 0 aliphatic carbocycles. The van der Waals surface area contributed by atoms with Crippen molar-refractivity contribution in [1.29, 1.82) is 0 Å². The van der Waals surface area contributed by atoms with E-state index in [0.29, 0.717) is 5.70 Å². The molecule has 0 aromatic carbocycles. The summed E-state index contributed by atoms with van der Waals surface area (Å²) in [5.41, 5.74) is 1.24. The Morgan fingerprint density at radius 2 is 1.91 bits per heavy atom.